The molecule has 5 heteroatoms. The number of nitrogens with zero attached hydrogens (tertiary/aromatic N) is 2. The number of anilines is 1. The maximum atomic E-state index is 12.0. The number of nitrogen functional groups attached to an aromatic ring is 1. The Kier molecular flexibility index (Phi) is 2.73. The molecule has 0 saturated carbocycles. The van der Waals surface area contributed by atoms with Gasteiger partial charge in [-0.3, -0.25) is 4.79 Å². The molecule has 0 radical (unpaired) electrons. The molecule has 1 fully saturated rings. The van der Waals surface area contributed by atoms with Crippen molar-refractivity contribution in [2.75, 3.05) is 18.8 Å². The second-order valence-corrected chi connectivity index (χ2v) is 3.98. The standard InChI is InChI=1S/C10H16N4O/c1-7-9(11)6-14(13-7)10(15)8-2-4-12-5-3-8/h6,8,12H,2-5,11H2,1H3. The Morgan fingerprint density at radius 1 is 1.60 bits per heavy atom. The Labute approximate surface area is 88.6 Å². The summed E-state index contributed by atoms with van der Waals surface area (Å²) in [7, 11) is 0. The van der Waals surface area contributed by atoms with Crippen LogP contribution in [-0.2, 0) is 0 Å². The van der Waals surface area contributed by atoms with E-state index in [4.69, 9.17) is 5.73 Å². The molecule has 0 aliphatic carbocycles. The monoisotopic (exact) mass is 208 g/mol. The molecule has 0 amide bonds. The van der Waals surface area contributed by atoms with Crippen molar-refractivity contribution in [1.82, 2.24) is 15.1 Å². The van der Waals surface area contributed by atoms with Gasteiger partial charge < -0.3 is 11.1 Å². The Morgan fingerprint density at radius 2 is 2.27 bits per heavy atom. The number of hydrogen-bond donors (Lipinski definition) is 2. The van der Waals surface area contributed by atoms with Crippen molar-refractivity contribution in [3.8, 4) is 0 Å². The topological polar surface area (TPSA) is 72.9 Å². The lowest BCUT2D eigenvalue weighted by atomic mass is 9.97. The molecule has 2 heterocycles. The number of carbonyl (C=O) groups excluding carboxylic acids is 1. The van der Waals surface area contributed by atoms with Gasteiger partial charge >= 0.3 is 0 Å². The molecule has 0 spiro atoms. The van der Waals surface area contributed by atoms with Crippen LogP contribution < -0.4 is 11.1 Å². The molecule has 82 valence electrons. The van der Waals surface area contributed by atoms with Crippen LogP contribution in [0.2, 0.25) is 0 Å². The highest BCUT2D eigenvalue weighted by Crippen LogP contribution is 2.16. The van der Waals surface area contributed by atoms with E-state index in [9.17, 15) is 4.79 Å². The minimum atomic E-state index is 0.0660. The Balaban J connectivity index is 2.12. The zero-order valence-electron chi connectivity index (χ0n) is 8.86. The molecule has 3 N–H and O–H groups in total. The van der Waals surface area contributed by atoms with Gasteiger partial charge in [-0.2, -0.15) is 5.10 Å². The van der Waals surface area contributed by atoms with Crippen molar-refractivity contribution in [2.45, 2.75) is 19.8 Å². The number of aromatic nitrogens is 2. The van der Waals surface area contributed by atoms with Gasteiger partial charge in [-0.15, -0.1) is 0 Å². The van der Waals surface area contributed by atoms with Crippen molar-refractivity contribution in [1.29, 1.82) is 0 Å². The molecule has 0 atom stereocenters. The zero-order chi connectivity index (χ0) is 10.8. The Hall–Kier alpha value is -1.36. The highest BCUT2D eigenvalue weighted by molar-refractivity contribution is 5.81. The average molecular weight is 208 g/mol. The predicted octanol–water partition coefficient (Wildman–Crippen LogP) is 0.414. The molecule has 1 saturated heterocycles. The normalized spacial score (nSPS) is 17.9. The summed E-state index contributed by atoms with van der Waals surface area (Å²) in [5, 5.41) is 7.34. The highest BCUT2D eigenvalue weighted by atomic mass is 16.2. The van der Waals surface area contributed by atoms with Gasteiger partial charge in [0.25, 0.3) is 0 Å². The van der Waals surface area contributed by atoms with Crippen molar-refractivity contribution < 1.29 is 4.79 Å². The van der Waals surface area contributed by atoms with E-state index in [0.717, 1.165) is 31.6 Å². The van der Waals surface area contributed by atoms with Gasteiger partial charge in [0.2, 0.25) is 5.91 Å². The maximum Gasteiger partial charge on any atom is 0.250 e. The molecule has 5 nitrogen and oxygen atoms in total. The van der Waals surface area contributed by atoms with Gasteiger partial charge in [0.05, 0.1) is 17.6 Å². The molecule has 1 aliphatic rings. The number of piperidine rings is 1. The minimum absolute atomic E-state index is 0.0660. The third kappa shape index (κ3) is 2.02. The summed E-state index contributed by atoms with van der Waals surface area (Å²) >= 11 is 0. The summed E-state index contributed by atoms with van der Waals surface area (Å²) in [4.78, 5) is 12.0. The van der Waals surface area contributed by atoms with E-state index >= 15 is 0 Å². The van der Waals surface area contributed by atoms with Gasteiger partial charge in [-0.05, 0) is 32.9 Å². The Morgan fingerprint density at radius 3 is 2.80 bits per heavy atom. The number of hydrogen-bond acceptors (Lipinski definition) is 4. The smallest absolute Gasteiger partial charge is 0.250 e. The van der Waals surface area contributed by atoms with E-state index in [0.29, 0.717) is 5.69 Å². The van der Waals surface area contributed by atoms with Crippen molar-refractivity contribution in [3.05, 3.63) is 11.9 Å². The summed E-state index contributed by atoms with van der Waals surface area (Å²) in [6.45, 7) is 3.62. The van der Waals surface area contributed by atoms with E-state index < -0.39 is 0 Å². The van der Waals surface area contributed by atoms with Crippen LogP contribution in [0, 0.1) is 12.8 Å². The van der Waals surface area contributed by atoms with Crippen LogP contribution in [0.3, 0.4) is 0 Å². The first kappa shape index (κ1) is 10.2. The van der Waals surface area contributed by atoms with Gasteiger partial charge in [0.1, 0.15) is 0 Å². The van der Waals surface area contributed by atoms with Crippen LogP contribution in [0.5, 0.6) is 0 Å². The van der Waals surface area contributed by atoms with E-state index in [1.807, 2.05) is 6.92 Å². The molecule has 0 unspecified atom stereocenters. The molecular formula is C10H16N4O. The lowest BCUT2D eigenvalue weighted by molar-refractivity contribution is 0.0790. The van der Waals surface area contributed by atoms with Crippen LogP contribution >= 0.6 is 0 Å². The van der Waals surface area contributed by atoms with Crippen molar-refractivity contribution >= 4 is 11.6 Å². The van der Waals surface area contributed by atoms with Gasteiger partial charge in [0.15, 0.2) is 0 Å². The molecule has 0 bridgehead atoms. The molecule has 1 aromatic rings. The van der Waals surface area contributed by atoms with E-state index in [2.05, 4.69) is 10.4 Å². The minimum Gasteiger partial charge on any atom is -0.396 e. The summed E-state index contributed by atoms with van der Waals surface area (Å²) in [5.41, 5.74) is 6.96. The third-order valence-corrected chi connectivity index (χ3v) is 2.85. The van der Waals surface area contributed by atoms with Gasteiger partial charge in [-0.1, -0.05) is 0 Å². The third-order valence-electron chi connectivity index (χ3n) is 2.85. The number of nitrogens with two attached hydrogens (primary N) is 1. The lowest BCUT2D eigenvalue weighted by Crippen LogP contribution is -2.34. The van der Waals surface area contributed by atoms with Crippen molar-refractivity contribution in [3.63, 3.8) is 0 Å². The number of nitrogens with one attached hydrogen (secondary N) is 1. The first-order valence-corrected chi connectivity index (χ1v) is 5.25. The summed E-state index contributed by atoms with van der Waals surface area (Å²) in [5.74, 6) is 0.154. The predicted molar refractivity (Wildman–Crippen MR) is 57.6 cm³/mol. The van der Waals surface area contributed by atoms with Gasteiger partial charge in [-0.25, -0.2) is 4.68 Å². The van der Waals surface area contributed by atoms with E-state index in [1.165, 1.54) is 4.68 Å². The molecule has 1 aromatic heterocycles. The highest BCUT2D eigenvalue weighted by Gasteiger charge is 2.23. The first-order valence-electron chi connectivity index (χ1n) is 5.25. The first-order chi connectivity index (χ1) is 7.18. The summed E-state index contributed by atoms with van der Waals surface area (Å²) < 4.78 is 1.39. The fraction of sp³-hybridized carbons (Fsp3) is 0.600. The number of aryl methyl sites for hydroxylation is 1. The zero-order valence-corrected chi connectivity index (χ0v) is 8.86. The maximum absolute atomic E-state index is 12.0. The van der Waals surface area contributed by atoms with E-state index in [1.54, 1.807) is 6.20 Å². The lowest BCUT2D eigenvalue weighted by Gasteiger charge is -2.20. The largest absolute Gasteiger partial charge is 0.396 e. The van der Waals surface area contributed by atoms with Gasteiger partial charge in [0, 0.05) is 5.92 Å². The SMILES string of the molecule is Cc1nn(C(=O)C2CCNCC2)cc1N. The molecule has 1 aliphatic heterocycles. The van der Waals surface area contributed by atoms with E-state index in [-0.39, 0.29) is 11.8 Å². The quantitative estimate of drug-likeness (QED) is 0.701. The number of carbonyl (C=O) groups is 1. The van der Waals surface area contributed by atoms with Crippen LogP contribution in [0.25, 0.3) is 0 Å². The molecule has 0 aromatic carbocycles. The van der Waals surface area contributed by atoms with Crippen LogP contribution in [0.15, 0.2) is 6.20 Å². The molecule has 15 heavy (non-hydrogen) atoms. The second kappa shape index (κ2) is 4.02. The number of rotatable bonds is 1. The van der Waals surface area contributed by atoms with Crippen LogP contribution in [-0.4, -0.2) is 28.8 Å². The second-order valence-electron chi connectivity index (χ2n) is 3.98. The van der Waals surface area contributed by atoms with Crippen LogP contribution in [0.4, 0.5) is 5.69 Å². The summed E-state index contributed by atoms with van der Waals surface area (Å²) in [6.07, 6.45) is 3.38. The summed E-state index contributed by atoms with van der Waals surface area (Å²) in [6, 6.07) is 0. The average Bonchev–Trinajstić information content (AvgIpc) is 2.59. The molecule has 2 rings (SSSR count). The van der Waals surface area contributed by atoms with Crippen molar-refractivity contribution in [2.24, 2.45) is 5.92 Å². The fourth-order valence-electron chi connectivity index (χ4n) is 1.84. The fourth-order valence-corrected chi connectivity index (χ4v) is 1.84. The Bertz CT molecular complexity index is 346. The molecular weight excluding hydrogens is 192 g/mol. The van der Waals surface area contributed by atoms with Crippen LogP contribution in [0.1, 0.15) is 23.3 Å².